The van der Waals surface area contributed by atoms with E-state index in [9.17, 15) is 4.79 Å². The van der Waals surface area contributed by atoms with Crippen LogP contribution in [-0.4, -0.2) is 10.8 Å². The van der Waals surface area contributed by atoms with Crippen molar-refractivity contribution in [2.75, 3.05) is 11.1 Å². The average Bonchev–Trinajstić information content (AvgIpc) is 2.58. The summed E-state index contributed by atoms with van der Waals surface area (Å²) in [6.45, 7) is 0. The lowest BCUT2D eigenvalue weighted by molar-refractivity contribution is 0.103. The molecule has 0 radical (unpaired) electrons. The van der Waals surface area contributed by atoms with Crippen LogP contribution in [0.15, 0.2) is 73.1 Å². The van der Waals surface area contributed by atoms with E-state index in [4.69, 9.17) is 5.73 Å². The van der Waals surface area contributed by atoms with Crippen molar-refractivity contribution in [1.29, 1.82) is 0 Å². The number of nitrogen functional groups attached to an aromatic ring is 1. The standard InChI is InChI=1S/C18H15N3O/c19-15-10-11-20-12-17(15)21-16-9-5-4-8-14(16)18(22)13-6-2-1-3-7-13/h1-12,21H,(H2,19,20). The molecule has 4 nitrogen and oxygen atoms in total. The summed E-state index contributed by atoms with van der Waals surface area (Å²) < 4.78 is 0. The normalized spacial score (nSPS) is 10.2. The first-order valence-corrected chi connectivity index (χ1v) is 6.91. The Balaban J connectivity index is 1.97. The molecule has 0 unspecified atom stereocenters. The van der Waals surface area contributed by atoms with Gasteiger partial charge in [-0.05, 0) is 18.2 Å². The summed E-state index contributed by atoms with van der Waals surface area (Å²) in [5.41, 5.74) is 9.12. The molecule has 3 aromatic rings. The number of hydrogen-bond donors (Lipinski definition) is 2. The predicted molar refractivity (Wildman–Crippen MR) is 88.2 cm³/mol. The first kappa shape index (κ1) is 13.8. The number of nitrogens with one attached hydrogen (secondary N) is 1. The highest BCUT2D eigenvalue weighted by molar-refractivity contribution is 6.12. The Bertz CT molecular complexity index is 800. The maximum absolute atomic E-state index is 12.7. The second kappa shape index (κ2) is 6.10. The smallest absolute Gasteiger partial charge is 0.195 e. The molecule has 0 aliphatic rings. The van der Waals surface area contributed by atoms with Crippen LogP contribution in [0, 0.1) is 0 Å². The monoisotopic (exact) mass is 289 g/mol. The number of nitrogens with zero attached hydrogens (tertiary/aromatic N) is 1. The SMILES string of the molecule is Nc1ccncc1Nc1ccccc1C(=O)c1ccccc1. The zero-order valence-electron chi connectivity index (χ0n) is 11.9. The molecule has 0 saturated heterocycles. The summed E-state index contributed by atoms with van der Waals surface area (Å²) in [5.74, 6) is -0.0360. The molecule has 2 aromatic carbocycles. The van der Waals surface area contributed by atoms with E-state index in [1.165, 1.54) is 0 Å². The van der Waals surface area contributed by atoms with Crippen molar-refractivity contribution in [2.45, 2.75) is 0 Å². The number of carbonyl (C=O) groups excluding carboxylic acids is 1. The summed E-state index contributed by atoms with van der Waals surface area (Å²) in [5, 5.41) is 3.18. The molecule has 0 saturated carbocycles. The maximum Gasteiger partial charge on any atom is 0.195 e. The quantitative estimate of drug-likeness (QED) is 0.720. The van der Waals surface area contributed by atoms with Crippen LogP contribution in [0.4, 0.5) is 17.1 Å². The number of aromatic nitrogens is 1. The van der Waals surface area contributed by atoms with Crippen molar-refractivity contribution in [3.63, 3.8) is 0 Å². The molecule has 0 amide bonds. The topological polar surface area (TPSA) is 68.0 Å². The van der Waals surface area contributed by atoms with E-state index >= 15 is 0 Å². The molecular weight excluding hydrogens is 274 g/mol. The third-order valence-electron chi connectivity index (χ3n) is 3.33. The Morgan fingerprint density at radius 2 is 1.64 bits per heavy atom. The number of para-hydroxylation sites is 1. The number of benzene rings is 2. The second-order valence-electron chi connectivity index (χ2n) is 4.83. The molecule has 3 N–H and O–H groups in total. The molecule has 3 rings (SSSR count). The Labute approximate surface area is 128 Å². The highest BCUT2D eigenvalue weighted by Gasteiger charge is 2.13. The van der Waals surface area contributed by atoms with Gasteiger partial charge >= 0.3 is 0 Å². The van der Waals surface area contributed by atoms with Crippen molar-refractivity contribution in [3.8, 4) is 0 Å². The average molecular weight is 289 g/mol. The number of carbonyl (C=O) groups is 1. The van der Waals surface area contributed by atoms with Gasteiger partial charge in [0.15, 0.2) is 5.78 Å². The van der Waals surface area contributed by atoms with Gasteiger partial charge in [-0.25, -0.2) is 0 Å². The summed E-state index contributed by atoms with van der Waals surface area (Å²) in [6.07, 6.45) is 3.26. The van der Waals surface area contributed by atoms with Crippen molar-refractivity contribution in [1.82, 2.24) is 4.98 Å². The van der Waals surface area contributed by atoms with Crippen molar-refractivity contribution in [2.24, 2.45) is 0 Å². The molecule has 108 valence electrons. The number of pyridine rings is 1. The van der Waals surface area contributed by atoms with Crippen molar-refractivity contribution < 1.29 is 4.79 Å². The van der Waals surface area contributed by atoms with Crippen LogP contribution in [0.25, 0.3) is 0 Å². The van der Waals surface area contributed by atoms with Crippen LogP contribution >= 0.6 is 0 Å². The fourth-order valence-electron chi connectivity index (χ4n) is 2.19. The zero-order chi connectivity index (χ0) is 15.4. The van der Waals surface area contributed by atoms with Gasteiger partial charge in [-0.15, -0.1) is 0 Å². The zero-order valence-corrected chi connectivity index (χ0v) is 11.9. The number of anilines is 3. The van der Waals surface area contributed by atoms with Crippen LogP contribution < -0.4 is 11.1 Å². The highest BCUT2D eigenvalue weighted by atomic mass is 16.1. The predicted octanol–water partition coefficient (Wildman–Crippen LogP) is 3.64. The molecule has 0 aliphatic carbocycles. The third kappa shape index (κ3) is 2.81. The lowest BCUT2D eigenvalue weighted by Gasteiger charge is -2.12. The van der Waals surface area contributed by atoms with E-state index in [2.05, 4.69) is 10.3 Å². The first-order chi connectivity index (χ1) is 10.8. The van der Waals surface area contributed by atoms with Gasteiger partial charge in [-0.3, -0.25) is 9.78 Å². The maximum atomic E-state index is 12.7. The minimum absolute atomic E-state index is 0.0360. The van der Waals surface area contributed by atoms with Crippen LogP contribution in [0.2, 0.25) is 0 Å². The van der Waals surface area contributed by atoms with Gasteiger partial charge < -0.3 is 11.1 Å². The second-order valence-corrected chi connectivity index (χ2v) is 4.83. The lowest BCUT2D eigenvalue weighted by Crippen LogP contribution is -2.06. The van der Waals surface area contributed by atoms with Gasteiger partial charge in [-0.2, -0.15) is 0 Å². The van der Waals surface area contributed by atoms with E-state index in [1.807, 2.05) is 36.4 Å². The molecule has 0 aliphatic heterocycles. The molecule has 1 aromatic heterocycles. The van der Waals surface area contributed by atoms with Gasteiger partial charge in [0.05, 0.1) is 17.6 Å². The van der Waals surface area contributed by atoms with Gasteiger partial charge in [0, 0.05) is 23.0 Å². The Kier molecular flexibility index (Phi) is 3.83. The molecule has 0 fully saturated rings. The van der Waals surface area contributed by atoms with E-state index in [0.29, 0.717) is 28.2 Å². The summed E-state index contributed by atoms with van der Waals surface area (Å²) in [4.78, 5) is 16.7. The number of nitrogens with two attached hydrogens (primary N) is 1. The van der Waals surface area contributed by atoms with Crippen LogP contribution in [-0.2, 0) is 0 Å². The molecule has 22 heavy (non-hydrogen) atoms. The number of hydrogen-bond acceptors (Lipinski definition) is 4. The van der Waals surface area contributed by atoms with Crippen molar-refractivity contribution >= 4 is 22.8 Å². The number of ketones is 1. The molecule has 4 heteroatoms. The Morgan fingerprint density at radius 1 is 0.909 bits per heavy atom. The van der Waals surface area contributed by atoms with Gasteiger partial charge in [-0.1, -0.05) is 42.5 Å². The molecule has 0 atom stereocenters. The largest absolute Gasteiger partial charge is 0.397 e. The van der Waals surface area contributed by atoms with Crippen LogP contribution in [0.1, 0.15) is 15.9 Å². The van der Waals surface area contributed by atoms with Crippen molar-refractivity contribution in [3.05, 3.63) is 84.2 Å². The molecule has 0 spiro atoms. The Morgan fingerprint density at radius 3 is 2.41 bits per heavy atom. The fourth-order valence-corrected chi connectivity index (χ4v) is 2.19. The molecule has 0 bridgehead atoms. The number of rotatable bonds is 4. The minimum Gasteiger partial charge on any atom is -0.397 e. The van der Waals surface area contributed by atoms with Crippen LogP contribution in [0.5, 0.6) is 0 Å². The van der Waals surface area contributed by atoms with Crippen LogP contribution in [0.3, 0.4) is 0 Å². The molecule has 1 heterocycles. The summed E-state index contributed by atoms with van der Waals surface area (Å²) in [6, 6.07) is 18.3. The summed E-state index contributed by atoms with van der Waals surface area (Å²) >= 11 is 0. The van der Waals surface area contributed by atoms with E-state index in [1.54, 1.807) is 36.7 Å². The minimum atomic E-state index is -0.0360. The lowest BCUT2D eigenvalue weighted by atomic mass is 10.0. The fraction of sp³-hybridized carbons (Fsp3) is 0. The summed E-state index contributed by atoms with van der Waals surface area (Å²) in [7, 11) is 0. The first-order valence-electron chi connectivity index (χ1n) is 6.91. The van der Waals surface area contributed by atoms with Gasteiger partial charge in [0.25, 0.3) is 0 Å². The highest BCUT2D eigenvalue weighted by Crippen LogP contribution is 2.25. The molecular formula is C18H15N3O. The van der Waals surface area contributed by atoms with Gasteiger partial charge in [0.1, 0.15) is 0 Å². The van der Waals surface area contributed by atoms with E-state index in [-0.39, 0.29) is 5.78 Å². The van der Waals surface area contributed by atoms with Gasteiger partial charge in [0.2, 0.25) is 0 Å². The third-order valence-corrected chi connectivity index (χ3v) is 3.33. The Hall–Kier alpha value is -3.14. The van der Waals surface area contributed by atoms with E-state index in [0.717, 1.165) is 0 Å². The van der Waals surface area contributed by atoms with E-state index < -0.39 is 0 Å².